The predicted molar refractivity (Wildman–Crippen MR) is 82.5 cm³/mol. The summed E-state index contributed by atoms with van der Waals surface area (Å²) in [5.74, 6) is 0.205. The molecule has 0 bridgehead atoms. The van der Waals surface area contributed by atoms with Crippen molar-refractivity contribution >= 4 is 11.6 Å². The second kappa shape index (κ2) is 6.06. The molecule has 1 heterocycles. The number of rotatable bonds is 3. The van der Waals surface area contributed by atoms with Crippen molar-refractivity contribution in [3.63, 3.8) is 0 Å². The first kappa shape index (κ1) is 16.5. The number of nitrogens with zero attached hydrogens (tertiary/aromatic N) is 3. The smallest absolute Gasteiger partial charge is 0.320 e. The molecule has 1 aliphatic rings. The van der Waals surface area contributed by atoms with Crippen molar-refractivity contribution in [1.29, 1.82) is 0 Å². The summed E-state index contributed by atoms with van der Waals surface area (Å²) in [5, 5.41) is 17.8. The molecule has 1 aromatic heterocycles. The van der Waals surface area contributed by atoms with Gasteiger partial charge in [0.05, 0.1) is 4.92 Å². The van der Waals surface area contributed by atoms with Gasteiger partial charge in [0.2, 0.25) is 5.69 Å². The van der Waals surface area contributed by atoms with Gasteiger partial charge in [0.1, 0.15) is 6.20 Å². The van der Waals surface area contributed by atoms with E-state index in [0.717, 1.165) is 25.7 Å². The van der Waals surface area contributed by atoms with Crippen LogP contribution in [0.25, 0.3) is 0 Å². The number of hydrogen-bond acceptors (Lipinski definition) is 4. The van der Waals surface area contributed by atoms with Crippen LogP contribution in [0.2, 0.25) is 0 Å². The molecule has 1 saturated carbocycles. The number of aryl methyl sites for hydroxylation is 1. The molecule has 7 nitrogen and oxygen atoms in total. The van der Waals surface area contributed by atoms with Crippen molar-refractivity contribution in [3.8, 4) is 0 Å². The highest BCUT2D eigenvalue weighted by Gasteiger charge is 2.32. The Balaban J connectivity index is 1.98. The van der Waals surface area contributed by atoms with Crippen molar-refractivity contribution in [2.24, 2.45) is 18.4 Å². The Labute approximate surface area is 130 Å². The van der Waals surface area contributed by atoms with E-state index in [4.69, 9.17) is 0 Å². The van der Waals surface area contributed by atoms with Gasteiger partial charge < -0.3 is 5.32 Å². The molecule has 1 aliphatic carbocycles. The molecule has 1 N–H and O–H groups in total. The van der Waals surface area contributed by atoms with E-state index in [2.05, 4.69) is 31.2 Å². The number of nitro groups is 1. The van der Waals surface area contributed by atoms with Gasteiger partial charge >= 0.3 is 5.69 Å². The van der Waals surface area contributed by atoms with E-state index in [1.54, 1.807) is 7.05 Å². The van der Waals surface area contributed by atoms with Gasteiger partial charge in [-0.05, 0) is 37.0 Å². The first-order chi connectivity index (χ1) is 10.2. The van der Waals surface area contributed by atoms with Crippen LogP contribution >= 0.6 is 0 Å². The monoisotopic (exact) mass is 308 g/mol. The van der Waals surface area contributed by atoms with E-state index in [1.165, 1.54) is 10.9 Å². The summed E-state index contributed by atoms with van der Waals surface area (Å²) < 4.78 is 1.30. The zero-order valence-corrected chi connectivity index (χ0v) is 13.6. The summed E-state index contributed by atoms with van der Waals surface area (Å²) in [6, 6.07) is 0.0766. The Bertz CT molecular complexity index is 566. The second-order valence-electron chi connectivity index (χ2n) is 7.18. The maximum atomic E-state index is 12.2. The average molecular weight is 308 g/mol. The van der Waals surface area contributed by atoms with Crippen LogP contribution in [0, 0.1) is 21.4 Å². The van der Waals surface area contributed by atoms with Crippen molar-refractivity contribution < 1.29 is 9.72 Å². The fourth-order valence-corrected chi connectivity index (χ4v) is 3.13. The summed E-state index contributed by atoms with van der Waals surface area (Å²) in [7, 11) is 1.57. The number of carbonyl (C=O) groups is 1. The van der Waals surface area contributed by atoms with Gasteiger partial charge in [-0.1, -0.05) is 20.8 Å². The van der Waals surface area contributed by atoms with Gasteiger partial charge in [-0.3, -0.25) is 19.6 Å². The van der Waals surface area contributed by atoms with Gasteiger partial charge in [-0.2, -0.15) is 5.10 Å². The van der Waals surface area contributed by atoms with Gasteiger partial charge in [0, 0.05) is 13.1 Å². The topological polar surface area (TPSA) is 90.1 Å². The van der Waals surface area contributed by atoms with E-state index in [0.29, 0.717) is 5.92 Å². The number of amides is 1. The van der Waals surface area contributed by atoms with Crippen LogP contribution in [0.1, 0.15) is 56.9 Å². The molecule has 0 aliphatic heterocycles. The van der Waals surface area contributed by atoms with Gasteiger partial charge in [-0.15, -0.1) is 0 Å². The van der Waals surface area contributed by atoms with Crippen molar-refractivity contribution in [2.75, 3.05) is 0 Å². The summed E-state index contributed by atoms with van der Waals surface area (Å²) in [6.45, 7) is 6.73. The lowest BCUT2D eigenvalue weighted by Gasteiger charge is -2.37. The number of hydrogen-bond donors (Lipinski definition) is 1. The molecule has 0 spiro atoms. The molecular formula is C15H24N4O3. The third kappa shape index (κ3) is 3.64. The molecule has 1 amide bonds. The minimum atomic E-state index is -0.571. The Kier molecular flexibility index (Phi) is 4.53. The number of carbonyl (C=O) groups excluding carboxylic acids is 1. The maximum absolute atomic E-state index is 12.2. The van der Waals surface area contributed by atoms with E-state index < -0.39 is 10.8 Å². The number of nitrogens with one attached hydrogen (secondary N) is 1. The van der Waals surface area contributed by atoms with Crippen molar-refractivity contribution in [2.45, 2.75) is 52.5 Å². The van der Waals surface area contributed by atoms with Gasteiger partial charge in [0.15, 0.2) is 0 Å². The standard InChI is InChI=1S/C15H24N4O3/c1-15(2,3)10-5-7-11(8-6-10)16-14(20)13-12(19(21)22)9-18(4)17-13/h9-11H,5-8H2,1-4H3,(H,16,20). The van der Waals surface area contributed by atoms with Crippen LogP contribution in [0.5, 0.6) is 0 Å². The normalized spacial score (nSPS) is 22.4. The molecule has 0 atom stereocenters. The molecule has 1 fully saturated rings. The lowest BCUT2D eigenvalue weighted by atomic mass is 9.71. The van der Waals surface area contributed by atoms with Crippen LogP contribution in [0.4, 0.5) is 5.69 Å². The summed E-state index contributed by atoms with van der Waals surface area (Å²) >= 11 is 0. The van der Waals surface area contributed by atoms with E-state index in [1.807, 2.05) is 0 Å². The molecule has 7 heteroatoms. The summed E-state index contributed by atoms with van der Waals surface area (Å²) in [6.07, 6.45) is 5.21. The molecule has 2 rings (SSSR count). The molecule has 122 valence electrons. The minimum Gasteiger partial charge on any atom is -0.348 e. The Hall–Kier alpha value is -1.92. The highest BCUT2D eigenvalue weighted by molar-refractivity contribution is 5.96. The zero-order chi connectivity index (χ0) is 16.5. The summed E-state index contributed by atoms with van der Waals surface area (Å²) in [4.78, 5) is 22.6. The first-order valence-electron chi connectivity index (χ1n) is 7.67. The van der Waals surface area contributed by atoms with Crippen LogP contribution in [-0.4, -0.2) is 26.7 Å². The molecule has 0 saturated heterocycles. The van der Waals surface area contributed by atoms with Crippen molar-refractivity contribution in [3.05, 3.63) is 22.0 Å². The van der Waals surface area contributed by atoms with Gasteiger partial charge in [0.25, 0.3) is 5.91 Å². The third-order valence-electron chi connectivity index (χ3n) is 4.51. The fourth-order valence-electron chi connectivity index (χ4n) is 3.13. The molecule has 0 unspecified atom stereocenters. The highest BCUT2D eigenvalue weighted by Crippen LogP contribution is 2.37. The number of aromatic nitrogens is 2. The Morgan fingerprint density at radius 2 is 1.95 bits per heavy atom. The second-order valence-corrected chi connectivity index (χ2v) is 7.18. The highest BCUT2D eigenvalue weighted by atomic mass is 16.6. The molecule has 0 aromatic carbocycles. The van der Waals surface area contributed by atoms with E-state index in [9.17, 15) is 14.9 Å². The van der Waals surface area contributed by atoms with Crippen LogP contribution in [0.15, 0.2) is 6.20 Å². The van der Waals surface area contributed by atoms with E-state index >= 15 is 0 Å². The lowest BCUT2D eigenvalue weighted by molar-refractivity contribution is -0.385. The lowest BCUT2D eigenvalue weighted by Crippen LogP contribution is -2.39. The van der Waals surface area contributed by atoms with Crippen LogP contribution < -0.4 is 5.32 Å². The predicted octanol–water partition coefficient (Wildman–Crippen LogP) is 2.66. The van der Waals surface area contributed by atoms with Crippen molar-refractivity contribution in [1.82, 2.24) is 15.1 Å². The molecular weight excluding hydrogens is 284 g/mol. The van der Waals surface area contributed by atoms with Gasteiger partial charge in [-0.25, -0.2) is 0 Å². The largest absolute Gasteiger partial charge is 0.348 e. The maximum Gasteiger partial charge on any atom is 0.320 e. The zero-order valence-electron chi connectivity index (χ0n) is 13.6. The molecule has 1 aromatic rings. The minimum absolute atomic E-state index is 0.0766. The van der Waals surface area contributed by atoms with E-state index in [-0.39, 0.29) is 22.8 Å². The Morgan fingerprint density at radius 1 is 1.36 bits per heavy atom. The summed E-state index contributed by atoms with van der Waals surface area (Å²) in [5.41, 5.74) is -0.0665. The SMILES string of the molecule is Cn1cc([N+](=O)[O-])c(C(=O)NC2CCC(C(C)(C)C)CC2)n1. The molecule has 22 heavy (non-hydrogen) atoms. The molecule has 0 radical (unpaired) electrons. The Morgan fingerprint density at radius 3 is 2.45 bits per heavy atom. The average Bonchev–Trinajstić information content (AvgIpc) is 2.81. The van der Waals surface area contributed by atoms with Crippen LogP contribution in [-0.2, 0) is 7.05 Å². The fraction of sp³-hybridized carbons (Fsp3) is 0.733. The first-order valence-corrected chi connectivity index (χ1v) is 7.67. The quantitative estimate of drug-likeness (QED) is 0.686. The third-order valence-corrected chi connectivity index (χ3v) is 4.51. The van der Waals surface area contributed by atoms with Crippen LogP contribution in [0.3, 0.4) is 0 Å².